The molecule has 1 amide bonds. The Balaban J connectivity index is 1.44. The number of thiazole rings is 1. The molecule has 2 aromatic rings. The number of benzene rings is 1. The molecule has 0 radical (unpaired) electrons. The maximum absolute atomic E-state index is 12.4. The maximum Gasteiger partial charge on any atom is 0.251 e. The minimum Gasteiger partial charge on any atom is -0.389 e. The van der Waals surface area contributed by atoms with Crippen LogP contribution in [-0.4, -0.2) is 65.3 Å². The highest BCUT2D eigenvalue weighted by atomic mass is 32.1. The quantitative estimate of drug-likeness (QED) is 0.805. The van der Waals surface area contributed by atoms with Gasteiger partial charge in [-0.3, -0.25) is 9.69 Å². The number of fused-ring (bicyclic) bond motifs is 1. The van der Waals surface area contributed by atoms with E-state index in [0.29, 0.717) is 11.6 Å². The first-order valence-corrected chi connectivity index (χ1v) is 11.1. The first kappa shape index (κ1) is 19.6. The summed E-state index contributed by atoms with van der Waals surface area (Å²) in [6, 6.07) is 6.29. The summed E-state index contributed by atoms with van der Waals surface area (Å²) in [6.45, 7) is 8.17. The second-order valence-electron chi connectivity index (χ2n) is 8.66. The Kier molecular flexibility index (Phi) is 5.58. The summed E-state index contributed by atoms with van der Waals surface area (Å²) in [4.78, 5) is 22.2. The van der Waals surface area contributed by atoms with Crippen molar-refractivity contribution in [3.63, 3.8) is 0 Å². The Labute approximate surface area is 170 Å². The number of piperidine rings is 1. The van der Waals surface area contributed by atoms with E-state index in [4.69, 9.17) is 4.98 Å². The first-order chi connectivity index (χ1) is 13.4. The largest absolute Gasteiger partial charge is 0.389 e. The van der Waals surface area contributed by atoms with Crippen molar-refractivity contribution in [1.29, 1.82) is 0 Å². The van der Waals surface area contributed by atoms with Gasteiger partial charge in [-0.2, -0.15) is 0 Å². The molecular weight excluding hydrogens is 372 g/mol. The Morgan fingerprint density at radius 2 is 2.07 bits per heavy atom. The standard InChI is InChI=1S/C21H30N4O2S/c1-21(2,27)14-22-19(26)15-6-7-17-18(12-15)28-20(23-17)25-11-8-16(13-25)24-9-4-3-5-10-24/h6-7,12,16,27H,3-5,8-11,13-14H2,1-2H3,(H,22,26). The summed E-state index contributed by atoms with van der Waals surface area (Å²) in [5.41, 5.74) is 0.637. The van der Waals surface area contributed by atoms with E-state index in [1.807, 2.05) is 18.2 Å². The molecule has 2 fully saturated rings. The highest BCUT2D eigenvalue weighted by molar-refractivity contribution is 7.22. The molecule has 1 aromatic heterocycles. The molecule has 28 heavy (non-hydrogen) atoms. The first-order valence-electron chi connectivity index (χ1n) is 10.3. The Morgan fingerprint density at radius 1 is 1.29 bits per heavy atom. The highest BCUT2D eigenvalue weighted by Crippen LogP contribution is 2.32. The molecule has 1 aromatic carbocycles. The number of carbonyl (C=O) groups excluding carboxylic acids is 1. The molecule has 3 heterocycles. The number of aliphatic hydroxyl groups is 1. The summed E-state index contributed by atoms with van der Waals surface area (Å²) >= 11 is 1.67. The van der Waals surface area contributed by atoms with Crippen molar-refractivity contribution >= 4 is 32.6 Å². The number of aromatic nitrogens is 1. The number of likely N-dealkylation sites (tertiary alicyclic amines) is 1. The Bertz CT molecular complexity index is 839. The van der Waals surface area contributed by atoms with Crippen molar-refractivity contribution < 1.29 is 9.90 Å². The van der Waals surface area contributed by atoms with Gasteiger partial charge in [0.2, 0.25) is 0 Å². The number of nitrogens with one attached hydrogen (secondary N) is 1. The molecular formula is C21H30N4O2S. The fourth-order valence-electron chi connectivity index (χ4n) is 4.08. The van der Waals surface area contributed by atoms with Crippen LogP contribution in [-0.2, 0) is 0 Å². The lowest BCUT2D eigenvalue weighted by Crippen LogP contribution is -2.40. The van der Waals surface area contributed by atoms with Crippen molar-refractivity contribution in [3.8, 4) is 0 Å². The van der Waals surface area contributed by atoms with Crippen LogP contribution in [0.2, 0.25) is 0 Å². The molecule has 2 saturated heterocycles. The Morgan fingerprint density at radius 3 is 2.82 bits per heavy atom. The van der Waals surface area contributed by atoms with E-state index in [1.165, 1.54) is 38.8 Å². The molecule has 6 nitrogen and oxygen atoms in total. The van der Waals surface area contributed by atoms with Crippen molar-refractivity contribution in [3.05, 3.63) is 23.8 Å². The van der Waals surface area contributed by atoms with Crippen LogP contribution in [0.3, 0.4) is 0 Å². The molecule has 4 rings (SSSR count). The van der Waals surface area contributed by atoms with Crippen LogP contribution in [0.15, 0.2) is 18.2 Å². The number of carbonyl (C=O) groups is 1. The van der Waals surface area contributed by atoms with Gasteiger partial charge in [-0.15, -0.1) is 0 Å². The van der Waals surface area contributed by atoms with Gasteiger partial charge in [-0.25, -0.2) is 4.98 Å². The van der Waals surface area contributed by atoms with E-state index in [9.17, 15) is 9.90 Å². The number of amides is 1. The molecule has 7 heteroatoms. The molecule has 152 valence electrons. The molecule has 0 spiro atoms. The van der Waals surface area contributed by atoms with Gasteiger partial charge >= 0.3 is 0 Å². The number of rotatable bonds is 5. The minimum atomic E-state index is -0.919. The SMILES string of the molecule is CC(C)(O)CNC(=O)c1ccc2nc(N3CCC(N4CCCCC4)C3)sc2c1. The Hall–Kier alpha value is -1.70. The smallest absolute Gasteiger partial charge is 0.251 e. The van der Waals surface area contributed by atoms with Crippen LogP contribution in [0.1, 0.15) is 49.9 Å². The third-order valence-electron chi connectivity index (χ3n) is 5.66. The second-order valence-corrected chi connectivity index (χ2v) is 9.67. The van der Waals surface area contributed by atoms with Crippen LogP contribution in [0.5, 0.6) is 0 Å². The summed E-state index contributed by atoms with van der Waals surface area (Å²) < 4.78 is 1.03. The molecule has 0 bridgehead atoms. The zero-order valence-corrected chi connectivity index (χ0v) is 17.6. The average Bonchev–Trinajstić information content (AvgIpc) is 3.32. The van der Waals surface area contributed by atoms with E-state index in [0.717, 1.165) is 28.4 Å². The van der Waals surface area contributed by atoms with Crippen molar-refractivity contribution in [2.75, 3.05) is 37.6 Å². The lowest BCUT2D eigenvalue weighted by Gasteiger charge is -2.32. The minimum absolute atomic E-state index is 0.162. The third-order valence-corrected chi connectivity index (χ3v) is 6.74. The van der Waals surface area contributed by atoms with Crippen LogP contribution < -0.4 is 10.2 Å². The number of anilines is 1. The lowest BCUT2D eigenvalue weighted by atomic mass is 10.1. The molecule has 2 N–H and O–H groups in total. The predicted molar refractivity (Wildman–Crippen MR) is 114 cm³/mol. The topological polar surface area (TPSA) is 68.7 Å². The predicted octanol–water partition coefficient (Wildman–Crippen LogP) is 2.86. The second kappa shape index (κ2) is 7.97. The molecule has 1 atom stereocenters. The monoisotopic (exact) mass is 402 g/mol. The highest BCUT2D eigenvalue weighted by Gasteiger charge is 2.30. The van der Waals surface area contributed by atoms with Gasteiger partial charge < -0.3 is 15.3 Å². The molecule has 1 unspecified atom stereocenters. The fraction of sp³-hybridized carbons (Fsp3) is 0.619. The number of hydrogen-bond donors (Lipinski definition) is 2. The van der Waals surface area contributed by atoms with Gasteiger partial charge in [-0.1, -0.05) is 17.8 Å². The molecule has 0 saturated carbocycles. The van der Waals surface area contributed by atoms with E-state index >= 15 is 0 Å². The maximum atomic E-state index is 12.4. The number of hydrogen-bond acceptors (Lipinski definition) is 6. The third kappa shape index (κ3) is 4.47. The van der Waals surface area contributed by atoms with Gasteiger partial charge in [0.05, 0.1) is 15.8 Å². The summed E-state index contributed by atoms with van der Waals surface area (Å²) in [7, 11) is 0. The van der Waals surface area contributed by atoms with Crippen molar-refractivity contribution in [1.82, 2.24) is 15.2 Å². The van der Waals surface area contributed by atoms with E-state index in [2.05, 4.69) is 15.1 Å². The average molecular weight is 403 g/mol. The van der Waals surface area contributed by atoms with E-state index in [1.54, 1.807) is 25.2 Å². The van der Waals surface area contributed by atoms with Gasteiger partial charge in [0.15, 0.2) is 5.13 Å². The molecule has 2 aliphatic heterocycles. The van der Waals surface area contributed by atoms with Crippen LogP contribution in [0.4, 0.5) is 5.13 Å². The van der Waals surface area contributed by atoms with Gasteiger partial charge in [0.1, 0.15) is 0 Å². The van der Waals surface area contributed by atoms with Crippen molar-refractivity contribution in [2.45, 2.75) is 51.2 Å². The van der Waals surface area contributed by atoms with Gasteiger partial charge in [0, 0.05) is 31.2 Å². The lowest BCUT2D eigenvalue weighted by molar-refractivity contribution is 0.0694. The van der Waals surface area contributed by atoms with Crippen LogP contribution in [0.25, 0.3) is 10.2 Å². The van der Waals surface area contributed by atoms with Crippen LogP contribution >= 0.6 is 11.3 Å². The zero-order chi connectivity index (χ0) is 19.7. The van der Waals surface area contributed by atoms with Gasteiger partial charge in [-0.05, 0) is 64.4 Å². The van der Waals surface area contributed by atoms with E-state index < -0.39 is 5.60 Å². The van der Waals surface area contributed by atoms with E-state index in [-0.39, 0.29) is 12.5 Å². The summed E-state index contributed by atoms with van der Waals surface area (Å²) in [5.74, 6) is -0.162. The summed E-state index contributed by atoms with van der Waals surface area (Å²) in [6.07, 6.45) is 5.24. The zero-order valence-electron chi connectivity index (χ0n) is 16.8. The van der Waals surface area contributed by atoms with Crippen LogP contribution in [0, 0.1) is 0 Å². The normalized spacial score (nSPS) is 21.4. The summed E-state index contributed by atoms with van der Waals surface area (Å²) in [5, 5.41) is 13.6. The molecule has 2 aliphatic rings. The molecule has 0 aliphatic carbocycles. The van der Waals surface area contributed by atoms with Crippen molar-refractivity contribution in [2.24, 2.45) is 0 Å². The fourth-order valence-corrected chi connectivity index (χ4v) is 5.12. The van der Waals surface area contributed by atoms with Gasteiger partial charge in [0.25, 0.3) is 5.91 Å². The number of nitrogens with zero attached hydrogens (tertiary/aromatic N) is 3.